The van der Waals surface area contributed by atoms with Gasteiger partial charge in [-0.25, -0.2) is 0 Å². The summed E-state index contributed by atoms with van der Waals surface area (Å²) in [5.41, 5.74) is 6.99. The van der Waals surface area contributed by atoms with Gasteiger partial charge in [0.15, 0.2) is 0 Å². The van der Waals surface area contributed by atoms with Crippen molar-refractivity contribution in [1.29, 1.82) is 0 Å². The van der Waals surface area contributed by atoms with Gasteiger partial charge in [0, 0.05) is 24.7 Å². The summed E-state index contributed by atoms with van der Waals surface area (Å²) in [6.07, 6.45) is 6.99. The highest BCUT2D eigenvalue weighted by Crippen LogP contribution is 2.22. The number of amides is 1. The van der Waals surface area contributed by atoms with Crippen molar-refractivity contribution in [3.05, 3.63) is 11.6 Å². The largest absolute Gasteiger partial charge is 0.336 e. The lowest BCUT2D eigenvalue weighted by Crippen LogP contribution is -2.44. The van der Waals surface area contributed by atoms with E-state index in [4.69, 9.17) is 5.73 Å². The summed E-state index contributed by atoms with van der Waals surface area (Å²) in [6.45, 7) is 6.93. The van der Waals surface area contributed by atoms with E-state index in [1.807, 2.05) is 18.7 Å². The van der Waals surface area contributed by atoms with Crippen LogP contribution in [0.15, 0.2) is 11.6 Å². The van der Waals surface area contributed by atoms with Crippen molar-refractivity contribution < 1.29 is 4.79 Å². The number of rotatable bonds is 4. The predicted molar refractivity (Wildman–Crippen MR) is 71.7 cm³/mol. The molecule has 2 N–H and O–H groups in total. The van der Waals surface area contributed by atoms with Crippen molar-refractivity contribution in [3.8, 4) is 0 Å². The maximum Gasteiger partial charge on any atom is 0.246 e. The van der Waals surface area contributed by atoms with Crippen LogP contribution in [0.5, 0.6) is 0 Å². The molecule has 98 valence electrons. The van der Waals surface area contributed by atoms with Gasteiger partial charge >= 0.3 is 0 Å². The molecule has 3 nitrogen and oxygen atoms in total. The van der Waals surface area contributed by atoms with Crippen LogP contribution < -0.4 is 5.73 Å². The first kappa shape index (κ1) is 14.2. The van der Waals surface area contributed by atoms with Gasteiger partial charge in [-0.2, -0.15) is 0 Å². The van der Waals surface area contributed by atoms with Gasteiger partial charge in [-0.05, 0) is 46.0 Å². The molecule has 1 rings (SSSR count). The van der Waals surface area contributed by atoms with E-state index in [-0.39, 0.29) is 5.91 Å². The summed E-state index contributed by atoms with van der Waals surface area (Å²) in [6, 6.07) is 0.742. The van der Waals surface area contributed by atoms with Crippen molar-refractivity contribution >= 4 is 5.91 Å². The molecule has 1 aliphatic rings. The quantitative estimate of drug-likeness (QED) is 0.765. The fourth-order valence-electron chi connectivity index (χ4n) is 2.46. The van der Waals surface area contributed by atoms with Crippen molar-refractivity contribution in [2.45, 2.75) is 65.0 Å². The van der Waals surface area contributed by atoms with Crippen LogP contribution in [-0.4, -0.2) is 29.4 Å². The lowest BCUT2D eigenvalue weighted by atomic mass is 9.90. The van der Waals surface area contributed by atoms with E-state index in [1.165, 1.54) is 0 Å². The molecule has 0 heterocycles. The van der Waals surface area contributed by atoms with Crippen molar-refractivity contribution in [2.75, 3.05) is 6.54 Å². The minimum Gasteiger partial charge on any atom is -0.336 e. The fourth-order valence-corrected chi connectivity index (χ4v) is 2.46. The molecule has 1 amide bonds. The third-order valence-electron chi connectivity index (χ3n) is 3.34. The molecule has 0 atom stereocenters. The number of hydrogen-bond donors (Lipinski definition) is 1. The second-order valence-corrected chi connectivity index (χ2v) is 5.32. The first-order chi connectivity index (χ1) is 8.04. The SMILES string of the molecule is CCCN(C(=O)C=C(C)C)C1CCC(N)CC1. The van der Waals surface area contributed by atoms with Gasteiger partial charge in [-0.1, -0.05) is 12.5 Å². The molecular formula is C14H26N2O. The molecule has 0 aromatic rings. The topological polar surface area (TPSA) is 46.3 Å². The molecule has 0 unspecified atom stereocenters. The number of allylic oxidation sites excluding steroid dienone is 1. The first-order valence-corrected chi connectivity index (χ1v) is 6.75. The number of nitrogens with zero attached hydrogens (tertiary/aromatic N) is 1. The smallest absolute Gasteiger partial charge is 0.246 e. The van der Waals surface area contributed by atoms with Gasteiger partial charge in [0.2, 0.25) is 5.91 Å². The maximum absolute atomic E-state index is 12.1. The van der Waals surface area contributed by atoms with E-state index in [0.717, 1.165) is 44.2 Å². The summed E-state index contributed by atoms with van der Waals surface area (Å²) >= 11 is 0. The summed E-state index contributed by atoms with van der Waals surface area (Å²) in [5.74, 6) is 0.173. The highest BCUT2D eigenvalue weighted by molar-refractivity contribution is 5.88. The Hall–Kier alpha value is -0.830. The summed E-state index contributed by atoms with van der Waals surface area (Å²) in [4.78, 5) is 14.2. The molecule has 0 spiro atoms. The fraction of sp³-hybridized carbons (Fsp3) is 0.786. The zero-order valence-electron chi connectivity index (χ0n) is 11.4. The molecular weight excluding hydrogens is 212 g/mol. The molecule has 0 bridgehead atoms. The predicted octanol–water partition coefficient (Wildman–Crippen LogP) is 2.46. The number of carbonyl (C=O) groups is 1. The third kappa shape index (κ3) is 4.50. The van der Waals surface area contributed by atoms with Crippen molar-refractivity contribution in [1.82, 2.24) is 4.90 Å². The summed E-state index contributed by atoms with van der Waals surface area (Å²) in [7, 11) is 0. The van der Waals surface area contributed by atoms with Crippen LogP contribution in [0.1, 0.15) is 52.9 Å². The molecule has 1 fully saturated rings. The minimum absolute atomic E-state index is 0.173. The third-order valence-corrected chi connectivity index (χ3v) is 3.34. The number of hydrogen-bond acceptors (Lipinski definition) is 2. The van der Waals surface area contributed by atoms with Crippen LogP contribution in [0, 0.1) is 0 Å². The zero-order chi connectivity index (χ0) is 12.8. The molecule has 0 aromatic carbocycles. The van der Waals surface area contributed by atoms with E-state index >= 15 is 0 Å². The van der Waals surface area contributed by atoms with Gasteiger partial charge in [-0.3, -0.25) is 4.79 Å². The molecule has 3 heteroatoms. The molecule has 1 saturated carbocycles. The Kier molecular flexibility index (Phi) is 5.69. The molecule has 0 aliphatic heterocycles. The maximum atomic E-state index is 12.1. The number of carbonyl (C=O) groups excluding carboxylic acids is 1. The van der Waals surface area contributed by atoms with E-state index in [2.05, 4.69) is 6.92 Å². The van der Waals surface area contributed by atoms with Crippen LogP contribution in [0.3, 0.4) is 0 Å². The van der Waals surface area contributed by atoms with Crippen LogP contribution in [0.4, 0.5) is 0 Å². The summed E-state index contributed by atoms with van der Waals surface area (Å²) in [5, 5.41) is 0. The Labute approximate surface area is 105 Å². The van der Waals surface area contributed by atoms with E-state index < -0.39 is 0 Å². The second-order valence-electron chi connectivity index (χ2n) is 5.32. The average molecular weight is 238 g/mol. The van der Waals surface area contributed by atoms with Crippen molar-refractivity contribution in [2.24, 2.45) is 5.73 Å². The molecule has 0 saturated heterocycles. The lowest BCUT2D eigenvalue weighted by Gasteiger charge is -2.35. The van der Waals surface area contributed by atoms with Crippen LogP contribution in [-0.2, 0) is 4.79 Å². The summed E-state index contributed by atoms with van der Waals surface area (Å²) < 4.78 is 0. The Morgan fingerprint density at radius 2 is 1.88 bits per heavy atom. The number of nitrogens with two attached hydrogens (primary N) is 1. The molecule has 1 aliphatic carbocycles. The van der Waals surface area contributed by atoms with Gasteiger partial charge in [0.05, 0.1) is 0 Å². The molecule has 17 heavy (non-hydrogen) atoms. The lowest BCUT2D eigenvalue weighted by molar-refractivity contribution is -0.129. The highest BCUT2D eigenvalue weighted by atomic mass is 16.2. The Bertz CT molecular complexity index is 274. The van der Waals surface area contributed by atoms with Gasteiger partial charge in [-0.15, -0.1) is 0 Å². The first-order valence-electron chi connectivity index (χ1n) is 6.75. The van der Waals surface area contributed by atoms with Crippen LogP contribution >= 0.6 is 0 Å². The highest BCUT2D eigenvalue weighted by Gasteiger charge is 2.26. The standard InChI is InChI=1S/C14H26N2O/c1-4-9-16(14(17)10-11(2)3)13-7-5-12(15)6-8-13/h10,12-13H,4-9,15H2,1-3H3. The van der Waals surface area contributed by atoms with Gasteiger partial charge in [0.25, 0.3) is 0 Å². The Balaban J connectivity index is 2.65. The van der Waals surface area contributed by atoms with Crippen LogP contribution in [0.2, 0.25) is 0 Å². The molecule has 0 aromatic heterocycles. The Morgan fingerprint density at radius 1 is 1.29 bits per heavy atom. The van der Waals surface area contributed by atoms with Gasteiger partial charge in [0.1, 0.15) is 0 Å². The minimum atomic E-state index is 0.173. The van der Waals surface area contributed by atoms with Crippen LogP contribution in [0.25, 0.3) is 0 Å². The monoisotopic (exact) mass is 238 g/mol. The van der Waals surface area contributed by atoms with E-state index in [1.54, 1.807) is 6.08 Å². The average Bonchev–Trinajstić information content (AvgIpc) is 2.26. The molecule has 0 radical (unpaired) electrons. The normalized spacial score (nSPS) is 24.2. The zero-order valence-corrected chi connectivity index (χ0v) is 11.4. The second kappa shape index (κ2) is 6.80. The Morgan fingerprint density at radius 3 is 2.35 bits per heavy atom. The van der Waals surface area contributed by atoms with Gasteiger partial charge < -0.3 is 10.6 Å². The van der Waals surface area contributed by atoms with E-state index in [0.29, 0.717) is 12.1 Å². The van der Waals surface area contributed by atoms with Crippen molar-refractivity contribution in [3.63, 3.8) is 0 Å². The van der Waals surface area contributed by atoms with E-state index in [9.17, 15) is 4.79 Å².